The Morgan fingerprint density at radius 1 is 1.11 bits per heavy atom. The highest BCUT2D eigenvalue weighted by atomic mass is 16.5. The zero-order chi connectivity index (χ0) is 18.9. The Bertz CT molecular complexity index is 679. The molecular formula is C22H29NO4. The third kappa shape index (κ3) is 4.18. The summed E-state index contributed by atoms with van der Waals surface area (Å²) in [6.45, 7) is 0.947. The molecule has 5 rings (SSSR count). The van der Waals surface area contributed by atoms with Gasteiger partial charge in [0.2, 0.25) is 0 Å². The van der Waals surface area contributed by atoms with Crippen LogP contribution >= 0.6 is 0 Å². The second-order valence-electron chi connectivity index (χ2n) is 8.90. The van der Waals surface area contributed by atoms with Crippen molar-refractivity contribution >= 4 is 11.9 Å². The number of hydrogen-bond donors (Lipinski definition) is 1. The van der Waals surface area contributed by atoms with Crippen LogP contribution in [0.2, 0.25) is 0 Å². The van der Waals surface area contributed by atoms with Gasteiger partial charge in [-0.05, 0) is 79.4 Å². The van der Waals surface area contributed by atoms with Crippen molar-refractivity contribution in [1.29, 1.82) is 0 Å². The molecule has 1 amide bonds. The van der Waals surface area contributed by atoms with Crippen LogP contribution < -0.4 is 5.32 Å². The number of carbonyl (C=O) groups excluding carboxylic acids is 2. The van der Waals surface area contributed by atoms with Crippen LogP contribution in [0.4, 0.5) is 0 Å². The molecule has 1 aromatic rings. The number of ether oxygens (including phenoxy) is 2. The molecular weight excluding hydrogens is 342 g/mol. The summed E-state index contributed by atoms with van der Waals surface area (Å²) in [5, 5.41) is 3.04. The van der Waals surface area contributed by atoms with Gasteiger partial charge in [-0.2, -0.15) is 0 Å². The standard InChI is InChI=1S/C22H29NO4/c1-26-12-15-3-2-4-19(8-15)21(25)27-13-20(24)23-14-22-9-16-5-17(10-22)7-18(6-16)11-22/h2-4,8,16-18H,5-7,9-14H2,1H3,(H,23,24). The molecule has 0 spiro atoms. The van der Waals surface area contributed by atoms with Gasteiger partial charge in [-0.3, -0.25) is 4.79 Å². The summed E-state index contributed by atoms with van der Waals surface area (Å²) in [6, 6.07) is 7.10. The number of esters is 1. The second kappa shape index (κ2) is 7.63. The average molecular weight is 371 g/mol. The predicted molar refractivity (Wildman–Crippen MR) is 101 cm³/mol. The number of nitrogens with one attached hydrogen (secondary N) is 1. The van der Waals surface area contributed by atoms with Crippen LogP contribution in [0.5, 0.6) is 0 Å². The minimum absolute atomic E-state index is 0.202. The van der Waals surface area contributed by atoms with Crippen molar-refractivity contribution in [2.45, 2.75) is 45.1 Å². The Kier molecular flexibility index (Phi) is 5.22. The maximum atomic E-state index is 12.2. The van der Waals surface area contributed by atoms with Gasteiger partial charge in [-0.25, -0.2) is 4.79 Å². The summed E-state index contributed by atoms with van der Waals surface area (Å²) in [5.74, 6) is 1.92. The number of hydrogen-bond acceptors (Lipinski definition) is 4. The second-order valence-corrected chi connectivity index (χ2v) is 8.90. The lowest BCUT2D eigenvalue weighted by Crippen LogP contribution is -2.51. The SMILES string of the molecule is COCc1cccc(C(=O)OCC(=O)NCC23CC4CC(CC(C4)C2)C3)c1. The highest BCUT2D eigenvalue weighted by Crippen LogP contribution is 2.59. The van der Waals surface area contributed by atoms with Gasteiger partial charge in [0, 0.05) is 13.7 Å². The first-order valence-corrected chi connectivity index (χ1v) is 10.1. The summed E-state index contributed by atoms with van der Waals surface area (Å²) in [6.07, 6.45) is 7.95. The number of methoxy groups -OCH3 is 1. The minimum atomic E-state index is -0.474. The molecule has 146 valence electrons. The molecule has 0 radical (unpaired) electrons. The molecule has 4 aliphatic rings. The molecule has 1 N–H and O–H groups in total. The van der Waals surface area contributed by atoms with Gasteiger partial charge in [-0.15, -0.1) is 0 Å². The smallest absolute Gasteiger partial charge is 0.338 e. The minimum Gasteiger partial charge on any atom is -0.452 e. The van der Waals surface area contributed by atoms with Gasteiger partial charge >= 0.3 is 5.97 Å². The highest BCUT2D eigenvalue weighted by molar-refractivity contribution is 5.91. The van der Waals surface area contributed by atoms with Gasteiger partial charge in [0.15, 0.2) is 6.61 Å². The molecule has 4 fully saturated rings. The summed E-state index contributed by atoms with van der Waals surface area (Å²) in [7, 11) is 1.61. The van der Waals surface area contributed by atoms with Gasteiger partial charge in [0.25, 0.3) is 5.91 Å². The molecule has 4 bridgehead atoms. The maximum Gasteiger partial charge on any atom is 0.338 e. The monoisotopic (exact) mass is 371 g/mol. The largest absolute Gasteiger partial charge is 0.452 e. The summed E-state index contributed by atoms with van der Waals surface area (Å²) < 4.78 is 10.3. The molecule has 27 heavy (non-hydrogen) atoms. The quantitative estimate of drug-likeness (QED) is 0.747. The van der Waals surface area contributed by atoms with Crippen LogP contribution in [0.3, 0.4) is 0 Å². The van der Waals surface area contributed by atoms with E-state index in [2.05, 4.69) is 5.32 Å². The van der Waals surface area contributed by atoms with Gasteiger partial charge in [-0.1, -0.05) is 12.1 Å². The molecule has 4 saturated carbocycles. The Morgan fingerprint density at radius 3 is 2.41 bits per heavy atom. The van der Waals surface area contributed by atoms with Crippen molar-refractivity contribution in [2.24, 2.45) is 23.2 Å². The Hall–Kier alpha value is -1.88. The first-order valence-electron chi connectivity index (χ1n) is 10.1. The van der Waals surface area contributed by atoms with Crippen molar-refractivity contribution in [3.8, 4) is 0 Å². The van der Waals surface area contributed by atoms with Crippen LogP contribution in [0.25, 0.3) is 0 Å². The molecule has 0 aromatic heterocycles. The van der Waals surface area contributed by atoms with E-state index < -0.39 is 5.97 Å². The van der Waals surface area contributed by atoms with Crippen molar-refractivity contribution in [2.75, 3.05) is 20.3 Å². The highest BCUT2D eigenvalue weighted by Gasteiger charge is 2.50. The van der Waals surface area contributed by atoms with Gasteiger partial charge in [0.1, 0.15) is 0 Å². The van der Waals surface area contributed by atoms with E-state index in [4.69, 9.17) is 9.47 Å². The summed E-state index contributed by atoms with van der Waals surface area (Å²) in [5.41, 5.74) is 1.64. The van der Waals surface area contributed by atoms with E-state index in [1.165, 1.54) is 38.5 Å². The molecule has 0 atom stereocenters. The molecule has 0 unspecified atom stereocenters. The molecule has 0 aliphatic heterocycles. The third-order valence-electron chi connectivity index (χ3n) is 6.63. The van der Waals surface area contributed by atoms with Gasteiger partial charge < -0.3 is 14.8 Å². The fourth-order valence-electron chi connectivity index (χ4n) is 6.01. The fourth-order valence-corrected chi connectivity index (χ4v) is 6.01. The topological polar surface area (TPSA) is 64.6 Å². The van der Waals surface area contributed by atoms with Crippen molar-refractivity contribution in [3.05, 3.63) is 35.4 Å². The van der Waals surface area contributed by atoms with Crippen LogP contribution in [0.1, 0.15) is 54.4 Å². The van der Waals surface area contributed by atoms with Crippen molar-refractivity contribution in [1.82, 2.24) is 5.32 Å². The van der Waals surface area contributed by atoms with E-state index in [9.17, 15) is 9.59 Å². The Morgan fingerprint density at radius 2 is 1.78 bits per heavy atom. The van der Waals surface area contributed by atoms with Crippen molar-refractivity contribution < 1.29 is 19.1 Å². The number of rotatable bonds is 7. The van der Waals surface area contributed by atoms with E-state index in [0.29, 0.717) is 17.6 Å². The van der Waals surface area contributed by atoms with Gasteiger partial charge in [0.05, 0.1) is 12.2 Å². The lowest BCUT2D eigenvalue weighted by molar-refractivity contribution is -0.126. The normalized spacial score (nSPS) is 30.9. The first-order chi connectivity index (χ1) is 13.0. The number of carbonyl (C=O) groups is 2. The first kappa shape index (κ1) is 18.5. The Balaban J connectivity index is 1.25. The zero-order valence-electron chi connectivity index (χ0n) is 16.0. The lowest BCUT2D eigenvalue weighted by atomic mass is 9.49. The van der Waals surface area contributed by atoms with E-state index in [0.717, 1.165) is 29.9 Å². The average Bonchev–Trinajstić information content (AvgIpc) is 2.64. The van der Waals surface area contributed by atoms with Crippen LogP contribution in [-0.4, -0.2) is 32.1 Å². The number of amides is 1. The van der Waals surface area contributed by atoms with Crippen LogP contribution in [-0.2, 0) is 20.9 Å². The Labute approximate surface area is 160 Å². The predicted octanol–water partition coefficient (Wildman–Crippen LogP) is 3.32. The van der Waals surface area contributed by atoms with E-state index in [-0.39, 0.29) is 12.5 Å². The van der Waals surface area contributed by atoms with E-state index in [1.54, 1.807) is 25.3 Å². The molecule has 0 heterocycles. The molecule has 5 nitrogen and oxygen atoms in total. The lowest BCUT2D eigenvalue weighted by Gasteiger charge is -2.56. The van der Waals surface area contributed by atoms with E-state index >= 15 is 0 Å². The fraction of sp³-hybridized carbons (Fsp3) is 0.636. The van der Waals surface area contributed by atoms with Crippen LogP contribution in [0, 0.1) is 23.2 Å². The van der Waals surface area contributed by atoms with Crippen molar-refractivity contribution in [3.63, 3.8) is 0 Å². The molecule has 1 aromatic carbocycles. The van der Waals surface area contributed by atoms with Crippen LogP contribution in [0.15, 0.2) is 24.3 Å². The zero-order valence-corrected chi connectivity index (χ0v) is 16.0. The molecule has 0 saturated heterocycles. The summed E-state index contributed by atoms with van der Waals surface area (Å²) >= 11 is 0. The maximum absolute atomic E-state index is 12.2. The number of benzene rings is 1. The third-order valence-corrected chi connectivity index (χ3v) is 6.63. The van der Waals surface area contributed by atoms with E-state index in [1.807, 2.05) is 6.07 Å². The molecule has 5 heteroatoms. The summed E-state index contributed by atoms with van der Waals surface area (Å²) in [4.78, 5) is 24.4. The molecule has 4 aliphatic carbocycles.